The van der Waals surface area contributed by atoms with E-state index in [-0.39, 0.29) is 21.1 Å². The first kappa shape index (κ1) is 39.6. The van der Waals surface area contributed by atoms with E-state index in [4.69, 9.17) is 9.72 Å². The van der Waals surface area contributed by atoms with E-state index in [0.717, 1.165) is 66.8 Å². The van der Waals surface area contributed by atoms with E-state index in [1.165, 1.54) is 38.1 Å². The average molecular weight is 1030 g/mol. The maximum absolute atomic E-state index is 6.71. The van der Waals surface area contributed by atoms with Crippen molar-refractivity contribution in [3.63, 3.8) is 0 Å². The van der Waals surface area contributed by atoms with Gasteiger partial charge in [0.25, 0.3) is 6.33 Å². The number of pyridine rings is 1. The normalized spacial score (nSPS) is 11.7. The molecule has 13 rings (SSSR count). The molecule has 0 bridgehead atoms. The number of hydrogen-bond donors (Lipinski definition) is 0. The van der Waals surface area contributed by atoms with E-state index in [1.54, 1.807) is 0 Å². The van der Waals surface area contributed by atoms with Gasteiger partial charge in [-0.2, -0.15) is 18.2 Å². The van der Waals surface area contributed by atoms with Crippen LogP contribution in [-0.2, 0) is 35.2 Å². The summed E-state index contributed by atoms with van der Waals surface area (Å²) in [4.78, 5) is 4.96. The van der Waals surface area contributed by atoms with Crippen LogP contribution in [0.25, 0.3) is 105 Å². The third-order valence-electron chi connectivity index (χ3n) is 12.9. The molecular formula is C58H38N6OPt-2. The number of imidazole rings is 1. The van der Waals surface area contributed by atoms with Gasteiger partial charge in [0.05, 0.1) is 16.7 Å². The summed E-state index contributed by atoms with van der Waals surface area (Å²) in [5.41, 5.74) is 13.0. The van der Waals surface area contributed by atoms with E-state index in [1.807, 2.05) is 71.7 Å². The minimum Gasteiger partial charge on any atom is -0.510 e. The van der Waals surface area contributed by atoms with Gasteiger partial charge in [-0.05, 0) is 57.6 Å². The maximum Gasteiger partial charge on any atom is 0.267 e. The fourth-order valence-electron chi connectivity index (χ4n) is 10.1. The van der Waals surface area contributed by atoms with Gasteiger partial charge in [-0.25, -0.2) is 4.98 Å². The number of para-hydroxylation sites is 3. The van der Waals surface area contributed by atoms with Crippen LogP contribution in [0, 0.1) is 18.5 Å². The molecule has 0 amide bonds. The number of aromatic nitrogens is 6. The summed E-state index contributed by atoms with van der Waals surface area (Å²) in [5, 5.41) is 7.14. The van der Waals surface area contributed by atoms with E-state index in [2.05, 4.69) is 178 Å². The Morgan fingerprint density at radius 2 is 1.12 bits per heavy atom. The molecule has 0 spiro atoms. The molecule has 318 valence electrons. The van der Waals surface area contributed by atoms with Crippen LogP contribution in [0.3, 0.4) is 0 Å². The van der Waals surface area contributed by atoms with Crippen molar-refractivity contribution in [2.75, 3.05) is 0 Å². The second kappa shape index (κ2) is 15.6. The van der Waals surface area contributed by atoms with Gasteiger partial charge in [0, 0.05) is 103 Å². The summed E-state index contributed by atoms with van der Waals surface area (Å²) >= 11 is 0. The SMILES string of the molecule is Cn1c2ccccc2c2c3c4ccccc4n(C)c3c3c(c4ccc(Oc5[c-]c(-[n+]6[c-]n(-c7c(-c8ccccc8)cccc7-c7ccccc7)cc6)ccc5)[c-]c4n3-c3ccccn3)c21.[Pt]. The second-order valence-electron chi connectivity index (χ2n) is 16.5. The average Bonchev–Trinajstić information content (AvgIpc) is 4.13. The Labute approximate surface area is 394 Å². The molecule has 0 saturated heterocycles. The van der Waals surface area contributed by atoms with Gasteiger partial charge in [0.15, 0.2) is 0 Å². The summed E-state index contributed by atoms with van der Waals surface area (Å²) in [7, 11) is 4.36. The Bertz CT molecular complexity index is 3940. The van der Waals surface area contributed by atoms with E-state index in [9.17, 15) is 0 Å². The summed E-state index contributed by atoms with van der Waals surface area (Å²) < 4.78 is 17.7. The molecule has 0 atom stereocenters. The maximum atomic E-state index is 6.71. The Morgan fingerprint density at radius 1 is 0.515 bits per heavy atom. The largest absolute Gasteiger partial charge is 0.510 e. The first-order chi connectivity index (χ1) is 32.1. The second-order valence-corrected chi connectivity index (χ2v) is 16.5. The van der Waals surface area contributed by atoms with E-state index in [0.29, 0.717) is 11.5 Å². The smallest absolute Gasteiger partial charge is 0.267 e. The van der Waals surface area contributed by atoms with Crippen LogP contribution >= 0.6 is 0 Å². The van der Waals surface area contributed by atoms with Crippen LogP contribution in [-0.4, -0.2) is 23.3 Å². The number of ether oxygens (including phenoxy) is 1. The molecule has 0 radical (unpaired) electrons. The molecule has 8 heteroatoms. The third-order valence-corrected chi connectivity index (χ3v) is 12.9. The van der Waals surface area contributed by atoms with E-state index >= 15 is 0 Å². The van der Waals surface area contributed by atoms with Crippen LogP contribution in [0.15, 0.2) is 195 Å². The summed E-state index contributed by atoms with van der Waals surface area (Å²) in [5.74, 6) is 1.94. The third kappa shape index (κ3) is 6.00. The van der Waals surface area contributed by atoms with Crippen LogP contribution in [0.2, 0.25) is 0 Å². The molecule has 5 aromatic heterocycles. The molecule has 0 aliphatic heterocycles. The van der Waals surface area contributed by atoms with Crippen LogP contribution in [0.4, 0.5) is 0 Å². The number of aryl methyl sites for hydroxylation is 2. The zero-order valence-electron chi connectivity index (χ0n) is 35.9. The molecule has 0 N–H and O–H groups in total. The number of benzene rings is 8. The Balaban J connectivity index is 0.00000456. The molecule has 13 aromatic rings. The molecule has 0 fully saturated rings. The number of rotatable bonds is 7. The first-order valence-electron chi connectivity index (χ1n) is 21.8. The van der Waals surface area contributed by atoms with E-state index < -0.39 is 0 Å². The van der Waals surface area contributed by atoms with Crippen LogP contribution < -0.4 is 9.30 Å². The minimum atomic E-state index is 0. The van der Waals surface area contributed by atoms with Crippen molar-refractivity contribution in [3.8, 4) is 50.9 Å². The van der Waals surface area contributed by atoms with Gasteiger partial charge >= 0.3 is 0 Å². The van der Waals surface area contributed by atoms with Crippen LogP contribution in [0.1, 0.15) is 0 Å². The summed E-state index contributed by atoms with van der Waals surface area (Å²) in [6, 6.07) is 68.4. The molecule has 0 aliphatic carbocycles. The summed E-state index contributed by atoms with van der Waals surface area (Å²) in [6.07, 6.45) is 9.52. The number of fused-ring (bicyclic) bond motifs is 12. The Morgan fingerprint density at radius 3 is 1.80 bits per heavy atom. The van der Waals surface area contributed by atoms with Gasteiger partial charge in [-0.3, -0.25) is 4.57 Å². The molecule has 7 nitrogen and oxygen atoms in total. The topological polar surface area (TPSA) is 45.7 Å². The van der Waals surface area contributed by atoms with Crippen molar-refractivity contribution in [3.05, 3.63) is 213 Å². The predicted octanol–water partition coefficient (Wildman–Crippen LogP) is 13.1. The van der Waals surface area contributed by atoms with Gasteiger partial charge < -0.3 is 23.0 Å². The Kier molecular flexibility index (Phi) is 9.37. The molecule has 0 saturated carbocycles. The predicted molar refractivity (Wildman–Crippen MR) is 261 cm³/mol. The quantitative estimate of drug-likeness (QED) is 0.118. The van der Waals surface area contributed by atoms with Crippen molar-refractivity contribution < 1.29 is 30.4 Å². The van der Waals surface area contributed by atoms with Crippen molar-refractivity contribution in [1.82, 2.24) is 23.3 Å². The first-order valence-corrected chi connectivity index (χ1v) is 21.8. The fraction of sp³-hybridized carbons (Fsp3) is 0.0345. The molecular weight excluding hydrogens is 992 g/mol. The van der Waals surface area contributed by atoms with Gasteiger partial charge in [-0.15, -0.1) is 24.3 Å². The Hall–Kier alpha value is -7.99. The van der Waals surface area contributed by atoms with Crippen molar-refractivity contribution in [2.24, 2.45) is 14.1 Å². The monoisotopic (exact) mass is 1030 g/mol. The van der Waals surface area contributed by atoms with Crippen LogP contribution in [0.5, 0.6) is 11.5 Å². The molecule has 0 aliphatic rings. The fourth-order valence-corrected chi connectivity index (χ4v) is 10.1. The standard InChI is InChI=1S/C58H38N6O.Pt/c1-60-48-27-11-9-23-45(48)52-53-46-24-10-12-28-49(46)61(2)57(53)58-54(56(52)60)47-31-30-42(36-50(47)64(58)51-29-13-14-32-59-51)65-41-22-15-21-40(35-41)62-33-34-63(37-62)55-43(38-17-5-3-6-18-38)25-16-26-44(55)39-19-7-4-8-20-39;/h3-34H,1-2H3;/q-2;. The van der Waals surface area contributed by atoms with Gasteiger partial charge in [-0.1, -0.05) is 132 Å². The van der Waals surface area contributed by atoms with Gasteiger partial charge in [0.1, 0.15) is 5.82 Å². The summed E-state index contributed by atoms with van der Waals surface area (Å²) in [6.45, 7) is 0. The van der Waals surface area contributed by atoms with Crippen molar-refractivity contribution in [1.29, 1.82) is 0 Å². The van der Waals surface area contributed by atoms with Crippen molar-refractivity contribution in [2.45, 2.75) is 0 Å². The molecule has 8 aromatic carbocycles. The molecule has 0 unspecified atom stereocenters. The minimum absolute atomic E-state index is 0. The van der Waals surface area contributed by atoms with Crippen molar-refractivity contribution >= 4 is 65.4 Å². The molecule has 5 heterocycles. The zero-order valence-corrected chi connectivity index (χ0v) is 38.2. The zero-order chi connectivity index (χ0) is 43.2. The number of nitrogens with zero attached hydrogens (tertiary/aromatic N) is 6. The molecule has 66 heavy (non-hydrogen) atoms. The van der Waals surface area contributed by atoms with Gasteiger partial charge in [0.2, 0.25) is 0 Å². The number of hydrogen-bond acceptors (Lipinski definition) is 2.